The van der Waals surface area contributed by atoms with Gasteiger partial charge in [-0.3, -0.25) is 37.3 Å². The lowest BCUT2D eigenvalue weighted by Crippen LogP contribution is -2.30. The van der Waals surface area contributed by atoms with Crippen molar-refractivity contribution >= 4 is 39.5 Å². The first kappa shape index (κ1) is 102. The Hall–Kier alpha value is -5.58. The van der Waals surface area contributed by atoms with Crippen molar-refractivity contribution in [3.8, 4) is 0 Å². The lowest BCUT2D eigenvalue weighted by atomic mass is 10.0. The van der Waals surface area contributed by atoms with Gasteiger partial charge in [0.2, 0.25) is 0 Å². The Morgan fingerprint density at radius 1 is 0.269 bits per heavy atom. The molecule has 108 heavy (non-hydrogen) atoms. The van der Waals surface area contributed by atoms with Crippen molar-refractivity contribution in [1.82, 2.24) is 0 Å². The first-order chi connectivity index (χ1) is 52.7. The molecular weight excluding hydrogens is 1400 g/mol. The zero-order valence-corrected chi connectivity index (χ0v) is 69.0. The molecule has 0 rings (SSSR count). The Labute approximate surface area is 654 Å². The van der Waals surface area contributed by atoms with E-state index in [4.69, 9.17) is 37.0 Å². The molecule has 0 aliphatic rings. The monoisotopic (exact) mass is 1550 g/mol. The van der Waals surface area contributed by atoms with Crippen molar-refractivity contribution in [2.75, 3.05) is 39.6 Å². The third-order valence-electron chi connectivity index (χ3n) is 16.7. The predicted octanol–water partition coefficient (Wildman–Crippen LogP) is 24.6. The molecule has 0 amide bonds. The molecule has 17 nitrogen and oxygen atoms in total. The van der Waals surface area contributed by atoms with E-state index in [1.165, 1.54) is 51.4 Å². The van der Waals surface area contributed by atoms with E-state index in [1.807, 2.05) is 12.2 Å². The van der Waals surface area contributed by atoms with Gasteiger partial charge in [-0.2, -0.15) is 0 Å². The van der Waals surface area contributed by atoms with Crippen molar-refractivity contribution in [3.05, 3.63) is 170 Å². The van der Waals surface area contributed by atoms with E-state index >= 15 is 0 Å². The average Bonchev–Trinajstić information content (AvgIpc) is 0.886. The molecule has 3 N–H and O–H groups in total. The maximum atomic E-state index is 13.1. The summed E-state index contributed by atoms with van der Waals surface area (Å²) in [6.45, 7) is 4.42. The van der Waals surface area contributed by atoms with Gasteiger partial charge in [0.05, 0.1) is 26.4 Å². The number of unbranched alkanes of at least 4 members (excludes halogenated alkanes) is 22. The number of aliphatic hydroxyl groups excluding tert-OH is 1. The van der Waals surface area contributed by atoms with Crippen molar-refractivity contribution in [2.45, 2.75) is 329 Å². The minimum Gasteiger partial charge on any atom is -0.462 e. The van der Waals surface area contributed by atoms with E-state index < -0.39 is 97.5 Å². The summed E-state index contributed by atoms with van der Waals surface area (Å²) >= 11 is 0. The predicted molar refractivity (Wildman–Crippen MR) is 445 cm³/mol. The van der Waals surface area contributed by atoms with Crippen molar-refractivity contribution in [1.29, 1.82) is 0 Å². The molecule has 5 unspecified atom stereocenters. The fourth-order valence-electron chi connectivity index (χ4n) is 10.5. The molecule has 0 fully saturated rings. The van der Waals surface area contributed by atoms with Crippen LogP contribution in [0.3, 0.4) is 0 Å². The fourth-order valence-corrected chi connectivity index (χ4v) is 12.1. The maximum absolute atomic E-state index is 13.1. The third kappa shape index (κ3) is 78.5. The number of phosphoric acid groups is 2. The Morgan fingerprint density at radius 3 is 0.787 bits per heavy atom. The summed E-state index contributed by atoms with van der Waals surface area (Å²) in [5.41, 5.74) is 0. The van der Waals surface area contributed by atoms with Gasteiger partial charge in [0.15, 0.2) is 12.2 Å². The summed E-state index contributed by atoms with van der Waals surface area (Å²) in [4.78, 5) is 73.1. The number of allylic oxidation sites excluding steroid dienone is 28. The number of ether oxygens (including phenoxy) is 4. The summed E-state index contributed by atoms with van der Waals surface area (Å²) in [5.74, 6) is -2.30. The van der Waals surface area contributed by atoms with Gasteiger partial charge in [-0.15, -0.1) is 0 Å². The van der Waals surface area contributed by atoms with Gasteiger partial charge in [0, 0.05) is 25.7 Å². The number of phosphoric ester groups is 2. The van der Waals surface area contributed by atoms with E-state index in [0.29, 0.717) is 32.1 Å². The molecule has 0 aliphatic carbocycles. The third-order valence-corrected chi connectivity index (χ3v) is 18.6. The lowest BCUT2D eigenvalue weighted by molar-refractivity contribution is -0.161. The van der Waals surface area contributed by atoms with Crippen LogP contribution in [0.2, 0.25) is 0 Å². The van der Waals surface area contributed by atoms with Crippen LogP contribution in [-0.2, 0) is 65.4 Å². The first-order valence-electron chi connectivity index (χ1n) is 41.4. The summed E-state index contributed by atoms with van der Waals surface area (Å²) < 4.78 is 68.6. The van der Waals surface area contributed by atoms with Crippen LogP contribution in [0.1, 0.15) is 310 Å². The Balaban J connectivity index is 5.46. The van der Waals surface area contributed by atoms with Gasteiger partial charge in [-0.25, -0.2) is 9.13 Å². The molecular formula is C89H146O17P2. The summed E-state index contributed by atoms with van der Waals surface area (Å²) in [5, 5.41) is 10.7. The normalized spacial score (nSPS) is 14.7. The Morgan fingerprint density at radius 2 is 0.491 bits per heavy atom. The molecule has 0 aromatic rings. The molecule has 0 aromatic heterocycles. The zero-order valence-electron chi connectivity index (χ0n) is 67.2. The molecule has 0 radical (unpaired) electrons. The van der Waals surface area contributed by atoms with Crippen LogP contribution >= 0.6 is 15.6 Å². The molecule has 0 spiro atoms. The number of hydrogen-bond acceptors (Lipinski definition) is 15. The van der Waals surface area contributed by atoms with Gasteiger partial charge in [-0.05, 0) is 148 Å². The highest BCUT2D eigenvalue weighted by atomic mass is 31.2. The van der Waals surface area contributed by atoms with Gasteiger partial charge in [-0.1, -0.05) is 307 Å². The molecule has 0 saturated carbocycles. The largest absolute Gasteiger partial charge is 0.472 e. The lowest BCUT2D eigenvalue weighted by Gasteiger charge is -2.21. The SMILES string of the molecule is CC/C=C\C/C=C\C/C=C\C/C=C\C/C=C\CCCCCC(=O)OCC(COP(=O)(O)OCC(O)COP(=O)(O)OCC(COC(=O)CCCCCCCC/C=C\C/C=C\C/C=C\C/C=C\CC)OC(=O)CCCCCCCCCCCCCCC)OC(=O)CCC/C=C\C/C=C\C/C=C\C/C=C\C/C=C\CC. The van der Waals surface area contributed by atoms with Gasteiger partial charge in [0.1, 0.15) is 19.3 Å². The number of rotatable bonds is 76. The highest BCUT2D eigenvalue weighted by Gasteiger charge is 2.30. The van der Waals surface area contributed by atoms with E-state index in [9.17, 15) is 43.2 Å². The summed E-state index contributed by atoms with van der Waals surface area (Å²) in [6, 6.07) is 0. The Bertz CT molecular complexity index is 2710. The van der Waals surface area contributed by atoms with Crippen LogP contribution in [-0.4, -0.2) is 96.7 Å². The fraction of sp³-hybridized carbons (Fsp3) is 0.640. The van der Waals surface area contributed by atoms with Crippen LogP contribution in [0.4, 0.5) is 0 Å². The minimum atomic E-state index is -5.01. The van der Waals surface area contributed by atoms with Gasteiger partial charge in [0.25, 0.3) is 0 Å². The van der Waals surface area contributed by atoms with Crippen molar-refractivity contribution in [2.24, 2.45) is 0 Å². The molecule has 5 atom stereocenters. The van der Waals surface area contributed by atoms with Crippen molar-refractivity contribution in [3.63, 3.8) is 0 Å². The van der Waals surface area contributed by atoms with E-state index in [0.717, 1.165) is 173 Å². The maximum Gasteiger partial charge on any atom is 0.472 e. The smallest absolute Gasteiger partial charge is 0.462 e. The standard InChI is InChI=1S/C89H146O17P2/c1-5-9-13-17-21-25-29-33-36-39-41-44-46-50-53-57-61-65-69-73-86(91)99-79-84(105-88(93)75-71-67-63-59-55-49-32-28-24-20-16-12-8-4)81-103-107(95,96)101-77-83(90)78-102-108(97,98)104-82-85(106-89(94)76-72-68-64-60-56-52-48-43-38-35-31-27-23-19-15-11-7-3)80-100-87(92)74-70-66-62-58-54-51-47-45-42-40-37-34-30-26-22-18-14-10-6-2/h9-11,13-15,21-23,25-27,33-38,41-42,44-45,48,51-52,54,60,64,83-85,90H,5-8,12,16-20,24,28-32,39-40,43,46-47,49-50,53,55-59,61-63,65-82H2,1-4H3,(H,95,96)(H,97,98)/b13-9-,14-10-,15-11-,25-21-,26-22-,27-23-,36-33-,37-34-,38-35-,44-41-,45-42-,52-48-,54-51-,64-60-. The van der Waals surface area contributed by atoms with Crippen LogP contribution in [0.15, 0.2) is 170 Å². The molecule has 0 bridgehead atoms. The van der Waals surface area contributed by atoms with Crippen LogP contribution in [0, 0.1) is 0 Å². The second-order valence-corrected chi connectivity index (χ2v) is 29.8. The topological polar surface area (TPSA) is 237 Å². The second kappa shape index (κ2) is 79.5. The highest BCUT2D eigenvalue weighted by Crippen LogP contribution is 2.45. The van der Waals surface area contributed by atoms with E-state index in [-0.39, 0.29) is 25.7 Å². The molecule has 0 heterocycles. The second-order valence-electron chi connectivity index (χ2n) is 26.9. The van der Waals surface area contributed by atoms with Crippen molar-refractivity contribution < 1.29 is 80.2 Å². The van der Waals surface area contributed by atoms with Crippen LogP contribution in [0.25, 0.3) is 0 Å². The van der Waals surface area contributed by atoms with Gasteiger partial charge < -0.3 is 33.8 Å². The minimum absolute atomic E-state index is 0.00318. The highest BCUT2D eigenvalue weighted by molar-refractivity contribution is 7.47. The van der Waals surface area contributed by atoms with Crippen LogP contribution < -0.4 is 0 Å². The van der Waals surface area contributed by atoms with Crippen LogP contribution in [0.5, 0.6) is 0 Å². The molecule has 614 valence electrons. The number of aliphatic hydroxyl groups is 1. The van der Waals surface area contributed by atoms with E-state index in [2.05, 4.69) is 186 Å². The number of esters is 4. The number of carbonyl (C=O) groups is 4. The van der Waals surface area contributed by atoms with E-state index in [1.54, 1.807) is 0 Å². The molecule has 0 aromatic carbocycles. The quantitative estimate of drug-likeness (QED) is 0.0169. The van der Waals surface area contributed by atoms with Gasteiger partial charge >= 0.3 is 39.5 Å². The average molecular weight is 1550 g/mol. The summed E-state index contributed by atoms with van der Waals surface area (Å²) in [6.07, 6.45) is 94.7. The number of hydrogen-bond donors (Lipinski definition) is 3. The molecule has 0 aliphatic heterocycles. The first-order valence-corrected chi connectivity index (χ1v) is 44.4. The zero-order chi connectivity index (χ0) is 78.9. The molecule has 0 saturated heterocycles. The number of carbonyl (C=O) groups excluding carboxylic acids is 4. The summed E-state index contributed by atoms with van der Waals surface area (Å²) in [7, 11) is -10.0. The molecule has 19 heteroatoms. The Kier molecular flexibility index (Phi) is 75.4.